The van der Waals surface area contributed by atoms with E-state index in [-0.39, 0.29) is 18.0 Å². The second-order valence-electron chi connectivity index (χ2n) is 8.62. The highest BCUT2D eigenvalue weighted by atomic mass is 16.6. The average Bonchev–Trinajstić information content (AvgIpc) is 2.50. The van der Waals surface area contributed by atoms with Crippen molar-refractivity contribution < 1.29 is 24.2 Å². The largest absolute Gasteiger partial charge is 0.480 e. The Hall–Kier alpha value is -2.77. The van der Waals surface area contributed by atoms with E-state index < -0.39 is 23.7 Å². The van der Waals surface area contributed by atoms with Crippen molar-refractivity contribution in [3.05, 3.63) is 35.4 Å². The highest BCUT2D eigenvalue weighted by Gasteiger charge is 2.24. The molecule has 1 aromatic rings. The Morgan fingerprint density at radius 2 is 1.54 bits per heavy atom. The number of urea groups is 1. The molecule has 0 saturated carbocycles. The van der Waals surface area contributed by atoms with Crippen LogP contribution in [0, 0.1) is 0 Å². The van der Waals surface area contributed by atoms with Gasteiger partial charge in [0.25, 0.3) is 0 Å². The minimum absolute atomic E-state index is 0.118. The fraction of sp³-hybridized carbons (Fsp3) is 0.550. The molecule has 156 valence electrons. The average molecular weight is 393 g/mol. The summed E-state index contributed by atoms with van der Waals surface area (Å²) in [5, 5.41) is 17.3. The summed E-state index contributed by atoms with van der Waals surface area (Å²) in [7, 11) is 0. The fourth-order valence-electron chi connectivity index (χ4n) is 2.25. The van der Waals surface area contributed by atoms with Crippen LogP contribution in [0.3, 0.4) is 0 Å². The van der Waals surface area contributed by atoms with Gasteiger partial charge in [0.2, 0.25) is 0 Å². The van der Waals surface area contributed by atoms with Gasteiger partial charge in [0.15, 0.2) is 0 Å². The van der Waals surface area contributed by atoms with Crippen LogP contribution in [-0.4, -0.2) is 40.4 Å². The summed E-state index contributed by atoms with van der Waals surface area (Å²) in [5.74, 6) is -1.14. The van der Waals surface area contributed by atoms with Crippen LogP contribution in [0.2, 0.25) is 0 Å². The first-order valence-electron chi connectivity index (χ1n) is 9.11. The highest BCUT2D eigenvalue weighted by molar-refractivity contribution is 5.80. The topological polar surface area (TPSA) is 117 Å². The number of nitrogens with one attached hydrogen (secondary N) is 3. The van der Waals surface area contributed by atoms with Crippen molar-refractivity contribution in [2.75, 3.05) is 0 Å². The predicted molar refractivity (Wildman–Crippen MR) is 106 cm³/mol. The van der Waals surface area contributed by atoms with Crippen LogP contribution in [0.15, 0.2) is 24.3 Å². The zero-order chi connectivity index (χ0) is 21.5. The molecule has 0 heterocycles. The van der Waals surface area contributed by atoms with Gasteiger partial charge in [0.1, 0.15) is 11.6 Å². The van der Waals surface area contributed by atoms with Crippen LogP contribution >= 0.6 is 0 Å². The Morgan fingerprint density at radius 3 is 2.00 bits per heavy atom. The van der Waals surface area contributed by atoms with Gasteiger partial charge in [-0.2, -0.15) is 0 Å². The van der Waals surface area contributed by atoms with Crippen molar-refractivity contribution in [3.8, 4) is 0 Å². The lowest BCUT2D eigenvalue weighted by molar-refractivity contribution is -0.139. The lowest BCUT2D eigenvalue weighted by atomic mass is 10.0. The molecule has 0 bridgehead atoms. The molecule has 3 amide bonds. The molecular formula is C20H31N3O5. The molecule has 0 unspecified atom stereocenters. The Bertz CT molecular complexity index is 687. The van der Waals surface area contributed by atoms with Gasteiger partial charge in [-0.3, -0.25) is 0 Å². The Balaban J connectivity index is 2.62. The smallest absolute Gasteiger partial charge is 0.408 e. The first-order valence-corrected chi connectivity index (χ1v) is 9.11. The van der Waals surface area contributed by atoms with Gasteiger partial charge in [-0.25, -0.2) is 14.4 Å². The van der Waals surface area contributed by atoms with Gasteiger partial charge in [0, 0.05) is 18.5 Å². The van der Waals surface area contributed by atoms with E-state index in [1.807, 2.05) is 20.8 Å². The van der Waals surface area contributed by atoms with Gasteiger partial charge in [0.05, 0.1) is 0 Å². The Labute approximate surface area is 166 Å². The van der Waals surface area contributed by atoms with Crippen molar-refractivity contribution in [2.24, 2.45) is 0 Å². The van der Waals surface area contributed by atoms with Gasteiger partial charge < -0.3 is 25.8 Å². The maximum absolute atomic E-state index is 11.8. The zero-order valence-electron chi connectivity index (χ0n) is 17.4. The minimum Gasteiger partial charge on any atom is -0.480 e. The van der Waals surface area contributed by atoms with Gasteiger partial charge in [-0.15, -0.1) is 0 Å². The number of benzene rings is 1. The molecule has 8 nitrogen and oxygen atoms in total. The summed E-state index contributed by atoms with van der Waals surface area (Å²) in [6.45, 7) is 11.1. The quantitative estimate of drug-likeness (QED) is 0.593. The molecule has 0 fully saturated rings. The minimum atomic E-state index is -1.14. The maximum Gasteiger partial charge on any atom is 0.408 e. The molecule has 1 rings (SSSR count). The molecule has 0 spiro atoms. The second-order valence-corrected chi connectivity index (χ2v) is 8.62. The van der Waals surface area contributed by atoms with Crippen LogP contribution < -0.4 is 16.0 Å². The SMILES string of the molecule is CC(C)(C)NC(=O)NCc1ccc(C[C@@H](NC(=O)OC(C)(C)C)C(=O)O)cc1. The van der Waals surface area contributed by atoms with Crippen LogP contribution in [0.4, 0.5) is 9.59 Å². The fourth-order valence-corrected chi connectivity index (χ4v) is 2.25. The van der Waals surface area contributed by atoms with Crippen molar-refractivity contribution in [2.45, 2.75) is 71.7 Å². The number of aliphatic carboxylic acids is 1. The third kappa shape index (κ3) is 9.80. The van der Waals surface area contributed by atoms with E-state index in [0.717, 1.165) is 11.1 Å². The maximum atomic E-state index is 11.8. The summed E-state index contributed by atoms with van der Waals surface area (Å²) >= 11 is 0. The molecule has 0 aromatic heterocycles. The summed E-state index contributed by atoms with van der Waals surface area (Å²) in [6.07, 6.45) is -0.655. The molecule has 0 radical (unpaired) electrons. The van der Waals surface area contributed by atoms with Crippen molar-refractivity contribution in [3.63, 3.8) is 0 Å². The van der Waals surface area contributed by atoms with Gasteiger partial charge in [-0.1, -0.05) is 24.3 Å². The molecule has 28 heavy (non-hydrogen) atoms. The standard InChI is InChI=1S/C20H31N3O5/c1-19(2,3)23-17(26)21-12-14-9-7-13(8-10-14)11-15(16(24)25)22-18(27)28-20(4,5)6/h7-10,15H,11-12H2,1-6H3,(H,22,27)(H,24,25)(H2,21,23,26)/t15-/m1/s1. The summed E-state index contributed by atoms with van der Waals surface area (Å²) in [6, 6.07) is 5.79. The summed E-state index contributed by atoms with van der Waals surface area (Å²) in [4.78, 5) is 35.0. The van der Waals surface area contributed by atoms with E-state index in [4.69, 9.17) is 4.74 Å². The number of rotatable bonds is 6. The third-order valence-electron chi connectivity index (χ3n) is 3.39. The van der Waals surface area contributed by atoms with Crippen LogP contribution in [-0.2, 0) is 22.5 Å². The normalized spacial score (nSPS) is 12.6. The number of carbonyl (C=O) groups excluding carboxylic acids is 2. The second kappa shape index (κ2) is 9.43. The van der Waals surface area contributed by atoms with E-state index in [0.29, 0.717) is 6.54 Å². The Kier molecular flexibility index (Phi) is 7.84. The lowest BCUT2D eigenvalue weighted by Gasteiger charge is -2.22. The first kappa shape index (κ1) is 23.3. The van der Waals surface area contributed by atoms with Crippen LogP contribution in [0.5, 0.6) is 0 Å². The molecule has 0 aliphatic carbocycles. The molecule has 1 aromatic carbocycles. The monoisotopic (exact) mass is 393 g/mol. The molecular weight excluding hydrogens is 362 g/mol. The number of amides is 3. The van der Waals surface area contributed by atoms with E-state index in [2.05, 4.69) is 16.0 Å². The highest BCUT2D eigenvalue weighted by Crippen LogP contribution is 2.10. The lowest BCUT2D eigenvalue weighted by Crippen LogP contribution is -2.46. The number of ether oxygens (including phenoxy) is 1. The van der Waals surface area contributed by atoms with Crippen molar-refractivity contribution in [1.29, 1.82) is 0 Å². The van der Waals surface area contributed by atoms with Crippen molar-refractivity contribution >= 4 is 18.1 Å². The summed E-state index contributed by atoms with van der Waals surface area (Å²) < 4.78 is 5.10. The molecule has 0 aliphatic rings. The van der Waals surface area contributed by atoms with E-state index in [9.17, 15) is 19.5 Å². The number of carboxylic acid groups (broad SMARTS) is 1. The Morgan fingerprint density at radius 1 is 1.00 bits per heavy atom. The first-order chi connectivity index (χ1) is 12.7. The predicted octanol–water partition coefficient (Wildman–Crippen LogP) is 2.80. The van der Waals surface area contributed by atoms with E-state index >= 15 is 0 Å². The van der Waals surface area contributed by atoms with Gasteiger partial charge >= 0.3 is 18.1 Å². The zero-order valence-corrected chi connectivity index (χ0v) is 17.4. The molecule has 8 heteroatoms. The number of carbonyl (C=O) groups is 3. The van der Waals surface area contributed by atoms with Crippen molar-refractivity contribution in [1.82, 2.24) is 16.0 Å². The number of hydrogen-bond acceptors (Lipinski definition) is 4. The molecule has 4 N–H and O–H groups in total. The van der Waals surface area contributed by atoms with E-state index in [1.165, 1.54) is 0 Å². The number of hydrogen-bond donors (Lipinski definition) is 4. The van der Waals surface area contributed by atoms with Crippen LogP contribution in [0.1, 0.15) is 52.7 Å². The molecule has 0 aliphatic heterocycles. The number of alkyl carbamates (subject to hydrolysis) is 1. The number of carboxylic acids is 1. The molecule has 1 atom stereocenters. The third-order valence-corrected chi connectivity index (χ3v) is 3.39. The summed E-state index contributed by atoms with van der Waals surface area (Å²) in [5.41, 5.74) is 0.591. The molecule has 0 saturated heterocycles. The van der Waals surface area contributed by atoms with Crippen LogP contribution in [0.25, 0.3) is 0 Å². The van der Waals surface area contributed by atoms with E-state index in [1.54, 1.807) is 45.0 Å². The van der Waals surface area contributed by atoms with Gasteiger partial charge in [-0.05, 0) is 52.7 Å².